The lowest BCUT2D eigenvalue weighted by molar-refractivity contribution is 0.0668. The molecular formula is C18H25F2IN6. The maximum atomic E-state index is 12.9. The summed E-state index contributed by atoms with van der Waals surface area (Å²) in [5.74, 6) is 1.01. The topological polar surface area (TPSA) is 48.7 Å². The molecule has 0 bridgehead atoms. The Hall–Kier alpha value is -1.75. The van der Waals surface area contributed by atoms with Crippen LogP contribution in [-0.4, -0.2) is 58.5 Å². The predicted molar refractivity (Wildman–Crippen MR) is 112 cm³/mol. The van der Waals surface area contributed by atoms with Crippen LogP contribution in [0.2, 0.25) is 0 Å². The van der Waals surface area contributed by atoms with Crippen molar-refractivity contribution < 1.29 is 8.78 Å². The molecule has 1 aliphatic rings. The first-order valence-electron chi connectivity index (χ1n) is 8.69. The van der Waals surface area contributed by atoms with Gasteiger partial charge in [0.25, 0.3) is 0 Å². The second kappa shape index (κ2) is 10.5. The minimum atomic E-state index is -2.59. The number of hydrogen-bond acceptors (Lipinski definition) is 3. The first-order valence-corrected chi connectivity index (χ1v) is 8.69. The highest BCUT2D eigenvalue weighted by atomic mass is 127. The summed E-state index contributed by atoms with van der Waals surface area (Å²) in [5, 5.41) is 3.14. The molecule has 1 aromatic carbocycles. The van der Waals surface area contributed by atoms with Crippen LogP contribution in [-0.2, 0) is 13.1 Å². The van der Waals surface area contributed by atoms with E-state index in [-0.39, 0.29) is 30.5 Å². The summed E-state index contributed by atoms with van der Waals surface area (Å²) in [4.78, 5) is 12.8. The van der Waals surface area contributed by atoms with Gasteiger partial charge < -0.3 is 10.2 Å². The molecular weight excluding hydrogens is 465 g/mol. The smallest absolute Gasteiger partial charge is 0.319 e. The number of benzene rings is 1. The maximum absolute atomic E-state index is 12.9. The molecule has 0 amide bonds. The first-order chi connectivity index (χ1) is 12.7. The molecule has 1 saturated heterocycles. The summed E-state index contributed by atoms with van der Waals surface area (Å²) >= 11 is 0. The predicted octanol–water partition coefficient (Wildman–Crippen LogP) is 2.79. The fraction of sp³-hybridized carbons (Fsp3) is 0.444. The number of nitrogens with zero attached hydrogens (tertiary/aromatic N) is 5. The quantitative estimate of drug-likeness (QED) is 0.398. The Morgan fingerprint density at radius 1 is 1.19 bits per heavy atom. The Bertz CT molecular complexity index is 714. The molecule has 2 heterocycles. The lowest BCUT2D eigenvalue weighted by Crippen LogP contribution is -2.52. The molecule has 1 aliphatic heterocycles. The monoisotopic (exact) mass is 490 g/mol. The van der Waals surface area contributed by atoms with Crippen molar-refractivity contribution in [1.82, 2.24) is 24.7 Å². The van der Waals surface area contributed by atoms with E-state index in [0.29, 0.717) is 11.8 Å². The van der Waals surface area contributed by atoms with E-state index in [4.69, 9.17) is 0 Å². The van der Waals surface area contributed by atoms with Gasteiger partial charge in [-0.15, -0.1) is 24.0 Å². The van der Waals surface area contributed by atoms with Gasteiger partial charge in [-0.05, 0) is 5.56 Å². The zero-order valence-electron chi connectivity index (χ0n) is 15.3. The molecule has 1 N–H and O–H groups in total. The maximum Gasteiger partial charge on any atom is 0.319 e. The molecule has 0 radical (unpaired) electrons. The van der Waals surface area contributed by atoms with E-state index in [0.717, 1.165) is 37.3 Å². The number of imidazole rings is 1. The van der Waals surface area contributed by atoms with Crippen molar-refractivity contribution >= 4 is 29.9 Å². The summed E-state index contributed by atoms with van der Waals surface area (Å²) < 4.78 is 26.6. The average molecular weight is 490 g/mol. The minimum Gasteiger partial charge on any atom is -0.349 e. The number of hydrogen-bond donors (Lipinski definition) is 1. The third-order valence-corrected chi connectivity index (χ3v) is 4.50. The van der Waals surface area contributed by atoms with Crippen LogP contribution in [0.5, 0.6) is 0 Å². The number of piperazine rings is 1. The van der Waals surface area contributed by atoms with Crippen LogP contribution in [0.15, 0.2) is 47.7 Å². The lowest BCUT2D eigenvalue weighted by atomic mass is 10.2. The first kappa shape index (κ1) is 21.5. The summed E-state index contributed by atoms with van der Waals surface area (Å²) in [6.45, 7) is 2.12. The third kappa shape index (κ3) is 5.86. The van der Waals surface area contributed by atoms with Gasteiger partial charge >= 0.3 is 6.55 Å². The largest absolute Gasteiger partial charge is 0.349 e. The van der Waals surface area contributed by atoms with Crippen molar-refractivity contribution in [2.24, 2.45) is 4.99 Å². The Balaban J connectivity index is 0.00000261. The second-order valence-corrected chi connectivity index (χ2v) is 6.18. The highest BCUT2D eigenvalue weighted by molar-refractivity contribution is 14.0. The zero-order valence-corrected chi connectivity index (χ0v) is 17.6. The van der Waals surface area contributed by atoms with Crippen molar-refractivity contribution in [3.8, 4) is 0 Å². The average Bonchev–Trinajstić information content (AvgIpc) is 3.13. The summed E-state index contributed by atoms with van der Waals surface area (Å²) in [7, 11) is 1.71. The molecule has 6 nitrogen and oxygen atoms in total. The molecule has 148 valence electrons. The molecule has 3 rings (SSSR count). The number of aliphatic imine (C=N–C) groups is 1. The van der Waals surface area contributed by atoms with Gasteiger partial charge in [0.05, 0.1) is 6.54 Å². The van der Waals surface area contributed by atoms with Crippen LogP contribution in [0.3, 0.4) is 0 Å². The van der Waals surface area contributed by atoms with Gasteiger partial charge in [-0.2, -0.15) is 8.78 Å². The van der Waals surface area contributed by atoms with Crippen LogP contribution in [0.4, 0.5) is 8.78 Å². The molecule has 0 atom stereocenters. The zero-order chi connectivity index (χ0) is 18.4. The molecule has 1 aromatic heterocycles. The van der Waals surface area contributed by atoms with E-state index < -0.39 is 6.55 Å². The highest BCUT2D eigenvalue weighted by Crippen LogP contribution is 2.12. The highest BCUT2D eigenvalue weighted by Gasteiger charge is 2.20. The van der Waals surface area contributed by atoms with Gasteiger partial charge in [-0.1, -0.05) is 30.3 Å². The van der Waals surface area contributed by atoms with Gasteiger partial charge in [0.1, 0.15) is 5.82 Å². The van der Waals surface area contributed by atoms with Gasteiger partial charge in [0.15, 0.2) is 5.96 Å². The molecule has 0 spiro atoms. The Morgan fingerprint density at radius 3 is 2.52 bits per heavy atom. The molecule has 2 aromatic rings. The standard InChI is InChI=1S/C18H24F2N6.HI/c1-21-18(23-13-16-22-7-8-26(16)17(19)20)25-11-9-24(10-12-25)14-15-5-3-2-4-6-15;/h2-8,17H,9-14H2,1H3,(H,21,23);1H. The number of halogens is 3. The van der Waals surface area contributed by atoms with E-state index in [1.807, 2.05) is 6.07 Å². The summed E-state index contributed by atoms with van der Waals surface area (Å²) in [5.41, 5.74) is 1.31. The summed E-state index contributed by atoms with van der Waals surface area (Å²) in [6, 6.07) is 10.4. The molecule has 0 aliphatic carbocycles. The summed E-state index contributed by atoms with van der Waals surface area (Å²) in [6.07, 6.45) is 2.67. The van der Waals surface area contributed by atoms with Crippen LogP contribution < -0.4 is 5.32 Å². The van der Waals surface area contributed by atoms with Crippen LogP contribution in [0.1, 0.15) is 17.9 Å². The number of nitrogens with one attached hydrogen (secondary N) is 1. The second-order valence-electron chi connectivity index (χ2n) is 6.18. The van der Waals surface area contributed by atoms with Crippen LogP contribution in [0, 0.1) is 0 Å². The lowest BCUT2D eigenvalue weighted by Gasteiger charge is -2.36. The van der Waals surface area contributed by atoms with Gasteiger partial charge in [0, 0.05) is 52.2 Å². The van der Waals surface area contributed by atoms with Gasteiger partial charge in [-0.3, -0.25) is 14.5 Å². The van der Waals surface area contributed by atoms with Crippen molar-refractivity contribution in [2.45, 2.75) is 19.6 Å². The molecule has 1 fully saturated rings. The van der Waals surface area contributed by atoms with Gasteiger partial charge in [0.2, 0.25) is 0 Å². The fourth-order valence-corrected chi connectivity index (χ4v) is 3.11. The SMILES string of the molecule is CN=C(NCc1nccn1C(F)F)N1CCN(Cc2ccccc2)CC1.I. The minimum absolute atomic E-state index is 0. The Morgan fingerprint density at radius 2 is 1.89 bits per heavy atom. The Kier molecular flexibility index (Phi) is 8.42. The molecule has 0 unspecified atom stereocenters. The number of guanidine groups is 1. The third-order valence-electron chi connectivity index (χ3n) is 4.50. The van der Waals surface area contributed by atoms with Gasteiger partial charge in [-0.25, -0.2) is 4.98 Å². The van der Waals surface area contributed by atoms with Crippen molar-refractivity contribution in [3.05, 3.63) is 54.1 Å². The number of aromatic nitrogens is 2. The number of alkyl halides is 2. The number of rotatable bonds is 5. The Labute approximate surface area is 175 Å². The fourth-order valence-electron chi connectivity index (χ4n) is 3.11. The van der Waals surface area contributed by atoms with Crippen molar-refractivity contribution in [3.63, 3.8) is 0 Å². The molecule has 27 heavy (non-hydrogen) atoms. The van der Waals surface area contributed by atoms with E-state index in [1.165, 1.54) is 18.0 Å². The molecule has 0 saturated carbocycles. The van der Waals surface area contributed by atoms with Crippen LogP contribution in [0.25, 0.3) is 0 Å². The van der Waals surface area contributed by atoms with E-state index in [1.54, 1.807) is 7.05 Å². The molecule has 9 heteroatoms. The van der Waals surface area contributed by atoms with E-state index >= 15 is 0 Å². The van der Waals surface area contributed by atoms with E-state index in [2.05, 4.69) is 49.4 Å². The van der Waals surface area contributed by atoms with E-state index in [9.17, 15) is 8.78 Å². The van der Waals surface area contributed by atoms with Crippen LogP contribution >= 0.6 is 24.0 Å². The van der Waals surface area contributed by atoms with Crippen molar-refractivity contribution in [1.29, 1.82) is 0 Å². The normalized spacial score (nSPS) is 15.7. The van der Waals surface area contributed by atoms with Crippen molar-refractivity contribution in [2.75, 3.05) is 33.2 Å².